The Labute approximate surface area is 155 Å². The maximum atomic E-state index is 12.6. The molecule has 0 aromatic heterocycles. The van der Waals surface area contributed by atoms with Crippen LogP contribution in [0.4, 0.5) is 17.1 Å². The molecule has 0 bridgehead atoms. The molecule has 134 valence electrons. The van der Waals surface area contributed by atoms with E-state index in [4.69, 9.17) is 5.73 Å². The van der Waals surface area contributed by atoms with Gasteiger partial charge in [0.25, 0.3) is 0 Å². The van der Waals surface area contributed by atoms with Crippen molar-refractivity contribution in [2.24, 2.45) is 0 Å². The molecule has 0 aliphatic carbocycles. The van der Waals surface area contributed by atoms with E-state index in [9.17, 15) is 4.79 Å². The predicted molar refractivity (Wildman–Crippen MR) is 108 cm³/mol. The lowest BCUT2D eigenvalue weighted by Crippen LogP contribution is -2.37. The topological polar surface area (TPSA) is 58.4 Å². The number of aryl methyl sites for hydroxylation is 3. The zero-order chi connectivity index (χ0) is 17.3. The molecule has 0 fully saturated rings. The quantitative estimate of drug-likeness (QED) is 0.814. The van der Waals surface area contributed by atoms with Crippen LogP contribution in [-0.4, -0.2) is 19.0 Å². The number of fused-ring (bicyclic) bond motifs is 1. The lowest BCUT2D eigenvalue weighted by molar-refractivity contribution is -0.115. The second-order valence-corrected chi connectivity index (χ2v) is 6.69. The predicted octanol–water partition coefficient (Wildman–Crippen LogP) is 4.01. The van der Waals surface area contributed by atoms with E-state index in [1.165, 1.54) is 11.1 Å². The van der Waals surface area contributed by atoms with E-state index in [-0.39, 0.29) is 18.3 Å². The summed E-state index contributed by atoms with van der Waals surface area (Å²) in [6.07, 6.45) is 2.01. The van der Waals surface area contributed by atoms with Gasteiger partial charge in [-0.15, -0.1) is 12.4 Å². The smallest absolute Gasteiger partial charge is 0.243 e. The number of hydrogen-bond donors (Lipinski definition) is 2. The fourth-order valence-electron chi connectivity index (χ4n) is 3.62. The Morgan fingerprint density at radius 2 is 1.88 bits per heavy atom. The van der Waals surface area contributed by atoms with Gasteiger partial charge in [-0.3, -0.25) is 4.79 Å². The highest BCUT2D eigenvalue weighted by atomic mass is 35.5. The Morgan fingerprint density at radius 3 is 2.56 bits per heavy atom. The van der Waals surface area contributed by atoms with Gasteiger partial charge in [-0.25, -0.2) is 0 Å². The summed E-state index contributed by atoms with van der Waals surface area (Å²) >= 11 is 0. The van der Waals surface area contributed by atoms with Gasteiger partial charge in [0, 0.05) is 23.6 Å². The molecule has 25 heavy (non-hydrogen) atoms. The fourth-order valence-corrected chi connectivity index (χ4v) is 3.62. The van der Waals surface area contributed by atoms with Crippen LogP contribution in [0, 0.1) is 20.8 Å². The number of hydrogen-bond acceptors (Lipinski definition) is 3. The Morgan fingerprint density at radius 1 is 1.20 bits per heavy atom. The number of nitrogens with two attached hydrogens (primary N) is 1. The van der Waals surface area contributed by atoms with Gasteiger partial charge >= 0.3 is 0 Å². The van der Waals surface area contributed by atoms with E-state index in [0.717, 1.165) is 47.6 Å². The molecule has 1 heterocycles. The van der Waals surface area contributed by atoms with E-state index in [2.05, 4.69) is 35.3 Å². The molecule has 1 amide bonds. The van der Waals surface area contributed by atoms with E-state index in [0.29, 0.717) is 6.54 Å². The molecule has 1 aliphatic rings. The van der Waals surface area contributed by atoms with Gasteiger partial charge in [-0.2, -0.15) is 0 Å². The first-order valence-corrected chi connectivity index (χ1v) is 8.45. The maximum Gasteiger partial charge on any atom is 0.243 e. The Balaban J connectivity index is 0.00000225. The average Bonchev–Trinajstić information content (AvgIpc) is 2.52. The summed E-state index contributed by atoms with van der Waals surface area (Å²) in [4.78, 5) is 14.7. The molecule has 2 aromatic rings. The number of anilines is 3. The number of halogens is 1. The minimum absolute atomic E-state index is 0. The van der Waals surface area contributed by atoms with Crippen molar-refractivity contribution in [2.45, 2.75) is 33.6 Å². The summed E-state index contributed by atoms with van der Waals surface area (Å²) < 4.78 is 0. The molecule has 0 saturated carbocycles. The van der Waals surface area contributed by atoms with Gasteiger partial charge in [-0.1, -0.05) is 23.8 Å². The molecule has 3 rings (SSSR count). The molecular formula is C20H26ClN3O. The molecule has 0 radical (unpaired) electrons. The molecule has 0 spiro atoms. The lowest BCUT2D eigenvalue weighted by atomic mass is 10.00. The van der Waals surface area contributed by atoms with Crippen molar-refractivity contribution >= 4 is 35.4 Å². The highest BCUT2D eigenvalue weighted by Crippen LogP contribution is 2.31. The maximum absolute atomic E-state index is 12.6. The minimum Gasteiger partial charge on any atom is -0.398 e. The Hall–Kier alpha value is -2.20. The molecule has 0 unspecified atom stereocenters. The summed E-state index contributed by atoms with van der Waals surface area (Å²) in [7, 11) is 0. The summed E-state index contributed by atoms with van der Waals surface area (Å²) in [6.45, 7) is 7.37. The van der Waals surface area contributed by atoms with Gasteiger partial charge in [0.05, 0.1) is 6.54 Å². The molecule has 1 aliphatic heterocycles. The molecule has 3 N–H and O–H groups in total. The van der Waals surface area contributed by atoms with Crippen molar-refractivity contribution in [3.8, 4) is 0 Å². The molecule has 0 saturated heterocycles. The van der Waals surface area contributed by atoms with Gasteiger partial charge in [0.2, 0.25) is 5.91 Å². The summed E-state index contributed by atoms with van der Waals surface area (Å²) in [5.74, 6) is 0.0142. The van der Waals surface area contributed by atoms with Crippen molar-refractivity contribution in [2.75, 3.05) is 29.0 Å². The van der Waals surface area contributed by atoms with E-state index < -0.39 is 0 Å². The van der Waals surface area contributed by atoms with Crippen LogP contribution in [0.3, 0.4) is 0 Å². The number of amides is 1. The van der Waals surface area contributed by atoms with Crippen LogP contribution >= 0.6 is 12.4 Å². The van der Waals surface area contributed by atoms with Crippen molar-refractivity contribution < 1.29 is 4.79 Å². The second-order valence-electron chi connectivity index (χ2n) is 6.69. The van der Waals surface area contributed by atoms with Crippen LogP contribution in [0.15, 0.2) is 30.3 Å². The highest BCUT2D eigenvalue weighted by Gasteiger charge is 2.21. The van der Waals surface area contributed by atoms with Crippen molar-refractivity contribution in [3.05, 3.63) is 52.6 Å². The van der Waals surface area contributed by atoms with Gasteiger partial charge in [0.15, 0.2) is 0 Å². The van der Waals surface area contributed by atoms with Crippen LogP contribution in [0.5, 0.6) is 0 Å². The van der Waals surface area contributed by atoms with Crippen LogP contribution in [-0.2, 0) is 11.2 Å². The van der Waals surface area contributed by atoms with E-state index >= 15 is 0 Å². The number of nitrogens with one attached hydrogen (secondary N) is 1. The SMILES string of the molecule is Cc1cc(C)c(NC(=O)CN2CCCc3c(N)cccc32)c(C)c1.Cl. The van der Waals surface area contributed by atoms with Gasteiger partial charge in [-0.05, 0) is 62.4 Å². The first kappa shape index (κ1) is 19.1. The number of benzene rings is 2. The van der Waals surface area contributed by atoms with Gasteiger partial charge < -0.3 is 16.0 Å². The summed E-state index contributed by atoms with van der Waals surface area (Å²) in [5.41, 5.74) is 13.5. The van der Waals surface area contributed by atoms with Crippen molar-refractivity contribution in [1.82, 2.24) is 0 Å². The summed E-state index contributed by atoms with van der Waals surface area (Å²) in [6, 6.07) is 10.1. The van der Waals surface area contributed by atoms with Crippen molar-refractivity contribution in [3.63, 3.8) is 0 Å². The number of carbonyl (C=O) groups is 1. The average molecular weight is 360 g/mol. The third-order valence-electron chi connectivity index (χ3n) is 4.66. The third-order valence-corrected chi connectivity index (χ3v) is 4.66. The molecule has 5 heteroatoms. The molecule has 2 aromatic carbocycles. The monoisotopic (exact) mass is 359 g/mol. The van der Waals surface area contributed by atoms with Crippen LogP contribution in [0.2, 0.25) is 0 Å². The second kappa shape index (κ2) is 7.79. The normalized spacial score (nSPS) is 13.0. The first-order chi connectivity index (χ1) is 11.5. The minimum atomic E-state index is 0. The first-order valence-electron chi connectivity index (χ1n) is 8.45. The molecular weight excluding hydrogens is 334 g/mol. The number of nitrogens with zero attached hydrogens (tertiary/aromatic N) is 1. The van der Waals surface area contributed by atoms with E-state index in [1.807, 2.05) is 26.0 Å². The number of carbonyl (C=O) groups excluding carboxylic acids is 1. The highest BCUT2D eigenvalue weighted by molar-refractivity contribution is 5.95. The van der Waals surface area contributed by atoms with Crippen LogP contribution in [0.1, 0.15) is 28.7 Å². The third kappa shape index (κ3) is 4.07. The van der Waals surface area contributed by atoms with Crippen molar-refractivity contribution in [1.29, 1.82) is 0 Å². The number of rotatable bonds is 3. The molecule has 4 nitrogen and oxygen atoms in total. The Kier molecular flexibility index (Phi) is 5.96. The largest absolute Gasteiger partial charge is 0.398 e. The lowest BCUT2D eigenvalue weighted by Gasteiger charge is -2.31. The van der Waals surface area contributed by atoms with E-state index in [1.54, 1.807) is 0 Å². The fraction of sp³-hybridized carbons (Fsp3) is 0.350. The Bertz CT molecular complexity index is 766. The summed E-state index contributed by atoms with van der Waals surface area (Å²) in [5, 5.41) is 3.09. The number of nitrogen functional groups attached to an aromatic ring is 1. The zero-order valence-corrected chi connectivity index (χ0v) is 15.9. The zero-order valence-electron chi connectivity index (χ0n) is 15.1. The van der Waals surface area contributed by atoms with Gasteiger partial charge in [0.1, 0.15) is 0 Å². The van der Waals surface area contributed by atoms with Crippen LogP contribution in [0.25, 0.3) is 0 Å². The van der Waals surface area contributed by atoms with Crippen LogP contribution < -0.4 is 16.0 Å². The standard InChI is InChI=1S/C20H25N3O.ClH/c1-13-10-14(2)20(15(3)11-13)22-19(24)12-23-9-5-6-16-17(21)7-4-8-18(16)23;/h4,7-8,10-11H,5-6,9,12,21H2,1-3H3,(H,22,24);1H. The molecule has 0 atom stereocenters.